The van der Waals surface area contributed by atoms with Crippen molar-refractivity contribution in [1.82, 2.24) is 10.2 Å². The van der Waals surface area contributed by atoms with Gasteiger partial charge in [0.2, 0.25) is 0 Å². The van der Waals surface area contributed by atoms with Gasteiger partial charge in [0.15, 0.2) is 0 Å². The highest BCUT2D eigenvalue weighted by Crippen LogP contribution is 2.13. The van der Waals surface area contributed by atoms with E-state index in [9.17, 15) is 9.59 Å². The lowest BCUT2D eigenvalue weighted by molar-refractivity contribution is 0.0184. The van der Waals surface area contributed by atoms with E-state index in [1.807, 2.05) is 60.7 Å². The molecule has 2 atom stereocenters. The van der Waals surface area contributed by atoms with Gasteiger partial charge in [-0.25, -0.2) is 9.59 Å². The molecule has 2 aromatic carbocycles. The quantitative estimate of drug-likeness (QED) is 0.407. The summed E-state index contributed by atoms with van der Waals surface area (Å²) in [6.45, 7) is 13.7. The number of hydrogen-bond donors (Lipinski definition) is 1. The highest BCUT2D eigenvalue weighted by atomic mass is 16.6. The van der Waals surface area contributed by atoms with Crippen molar-refractivity contribution in [3.63, 3.8) is 0 Å². The van der Waals surface area contributed by atoms with Crippen LogP contribution in [-0.4, -0.2) is 47.9 Å². The van der Waals surface area contributed by atoms with Crippen molar-refractivity contribution >= 4 is 12.2 Å². The lowest BCUT2D eigenvalue weighted by atomic mass is 10.1. The number of nitrogens with zero attached hydrogens (tertiary/aromatic N) is 1. The number of hydrogen-bond acceptors (Lipinski definition) is 5. The topological polar surface area (TPSA) is 77.1 Å². The SMILES string of the molecule is C=CCN(C[C@@H](NC(=O)OC(C)(C)C)[C@@H](C=C)OCc1ccccc1)C(=O)OCc1ccccc1. The predicted octanol–water partition coefficient (Wildman–Crippen LogP) is 5.48. The number of carbonyl (C=O) groups excluding carboxylic acids is 2. The van der Waals surface area contributed by atoms with Crippen LogP contribution in [0.15, 0.2) is 86.0 Å². The molecule has 7 nitrogen and oxygen atoms in total. The third kappa shape index (κ3) is 10.5. The molecular weight excluding hydrogens is 444 g/mol. The number of benzene rings is 2. The van der Waals surface area contributed by atoms with Crippen LogP contribution in [0.2, 0.25) is 0 Å². The van der Waals surface area contributed by atoms with Crippen molar-refractivity contribution < 1.29 is 23.8 Å². The van der Waals surface area contributed by atoms with Gasteiger partial charge in [-0.05, 0) is 31.9 Å². The molecule has 0 saturated carbocycles. The second kappa shape index (κ2) is 14.0. The minimum absolute atomic E-state index is 0.102. The van der Waals surface area contributed by atoms with Crippen molar-refractivity contribution in [3.05, 3.63) is 97.1 Å². The van der Waals surface area contributed by atoms with Crippen molar-refractivity contribution in [2.45, 2.75) is 51.7 Å². The molecule has 0 radical (unpaired) electrons. The number of amides is 2. The number of ether oxygens (including phenoxy) is 3. The zero-order chi connectivity index (χ0) is 25.7. The van der Waals surface area contributed by atoms with Crippen LogP contribution in [0, 0.1) is 0 Å². The Hall–Kier alpha value is -3.58. The molecule has 2 rings (SSSR count). The smallest absolute Gasteiger partial charge is 0.410 e. The van der Waals surface area contributed by atoms with Crippen molar-refractivity contribution in [3.8, 4) is 0 Å². The molecule has 1 N–H and O–H groups in total. The van der Waals surface area contributed by atoms with Crippen LogP contribution >= 0.6 is 0 Å². The average molecular weight is 481 g/mol. The number of alkyl carbamates (subject to hydrolysis) is 1. The standard InChI is InChI=1S/C28H36N2O5/c1-6-18-30(27(32)34-21-23-16-12-9-13-17-23)19-24(29-26(31)35-28(3,4)5)25(7-2)33-20-22-14-10-8-11-15-22/h6-17,24-25H,1-2,18-21H2,3-5H3,(H,29,31)/t24-,25-/m1/s1. The van der Waals surface area contributed by atoms with Crippen LogP contribution in [-0.2, 0) is 27.4 Å². The zero-order valence-electron chi connectivity index (χ0n) is 20.8. The minimum atomic E-state index is -0.682. The van der Waals surface area contributed by atoms with Crippen molar-refractivity contribution in [1.29, 1.82) is 0 Å². The molecule has 0 aliphatic heterocycles. The fourth-order valence-corrected chi connectivity index (χ4v) is 3.23. The lowest BCUT2D eigenvalue weighted by Crippen LogP contribution is -2.52. The van der Waals surface area contributed by atoms with E-state index in [1.54, 1.807) is 32.9 Å². The van der Waals surface area contributed by atoms with Crippen LogP contribution in [0.3, 0.4) is 0 Å². The Morgan fingerprint density at radius 1 is 0.971 bits per heavy atom. The van der Waals surface area contributed by atoms with Gasteiger partial charge in [0, 0.05) is 13.1 Å². The van der Waals surface area contributed by atoms with Gasteiger partial charge in [0.1, 0.15) is 12.2 Å². The summed E-state index contributed by atoms with van der Waals surface area (Å²) in [5.41, 5.74) is 1.16. The Labute approximate surface area is 208 Å². The molecule has 0 bridgehead atoms. The van der Waals surface area contributed by atoms with Gasteiger partial charge in [-0.3, -0.25) is 0 Å². The van der Waals surface area contributed by atoms with Crippen molar-refractivity contribution in [2.24, 2.45) is 0 Å². The largest absolute Gasteiger partial charge is 0.445 e. The third-order valence-electron chi connectivity index (χ3n) is 4.85. The van der Waals surface area contributed by atoms with E-state index >= 15 is 0 Å². The van der Waals surface area contributed by atoms with E-state index in [4.69, 9.17) is 14.2 Å². The molecule has 0 aliphatic rings. The number of nitrogens with one attached hydrogen (secondary N) is 1. The van der Waals surface area contributed by atoms with E-state index in [0.29, 0.717) is 6.61 Å². The normalized spacial score (nSPS) is 12.7. The third-order valence-corrected chi connectivity index (χ3v) is 4.85. The first-order valence-corrected chi connectivity index (χ1v) is 11.6. The van der Waals surface area contributed by atoms with Crippen LogP contribution in [0.5, 0.6) is 0 Å². The molecule has 2 aromatic rings. The second-order valence-corrected chi connectivity index (χ2v) is 8.98. The van der Waals surface area contributed by atoms with E-state index in [0.717, 1.165) is 11.1 Å². The maximum Gasteiger partial charge on any atom is 0.410 e. The average Bonchev–Trinajstić information content (AvgIpc) is 2.82. The summed E-state index contributed by atoms with van der Waals surface area (Å²) < 4.78 is 17.0. The molecular formula is C28H36N2O5. The molecule has 0 fully saturated rings. The summed E-state index contributed by atoms with van der Waals surface area (Å²) in [5, 5.41) is 2.84. The summed E-state index contributed by atoms with van der Waals surface area (Å²) in [4.78, 5) is 27.0. The maximum absolute atomic E-state index is 12.9. The first kappa shape index (κ1) is 27.7. The first-order valence-electron chi connectivity index (χ1n) is 11.6. The van der Waals surface area contributed by atoms with Gasteiger partial charge in [0.05, 0.1) is 18.8 Å². The summed E-state index contributed by atoms with van der Waals surface area (Å²) in [7, 11) is 0. The first-order chi connectivity index (χ1) is 16.7. The Balaban J connectivity index is 2.15. The molecule has 0 spiro atoms. The van der Waals surface area contributed by atoms with Gasteiger partial charge >= 0.3 is 12.2 Å². The molecule has 35 heavy (non-hydrogen) atoms. The van der Waals surface area contributed by atoms with Crippen molar-refractivity contribution in [2.75, 3.05) is 13.1 Å². The minimum Gasteiger partial charge on any atom is -0.445 e. The Morgan fingerprint density at radius 2 is 1.54 bits per heavy atom. The molecule has 2 amide bonds. The van der Waals surface area contributed by atoms with Gasteiger partial charge in [-0.2, -0.15) is 0 Å². The van der Waals surface area contributed by atoms with Crippen LogP contribution < -0.4 is 5.32 Å². The van der Waals surface area contributed by atoms with E-state index in [1.165, 1.54) is 4.90 Å². The van der Waals surface area contributed by atoms with E-state index in [2.05, 4.69) is 18.5 Å². The molecule has 188 valence electrons. The van der Waals surface area contributed by atoms with Gasteiger partial charge in [-0.1, -0.05) is 72.8 Å². The summed E-state index contributed by atoms with van der Waals surface area (Å²) in [5.74, 6) is 0. The predicted molar refractivity (Wildman–Crippen MR) is 137 cm³/mol. The summed E-state index contributed by atoms with van der Waals surface area (Å²) in [6, 6.07) is 18.4. The highest BCUT2D eigenvalue weighted by molar-refractivity contribution is 5.69. The second-order valence-electron chi connectivity index (χ2n) is 8.98. The maximum atomic E-state index is 12.9. The molecule has 7 heteroatoms. The van der Waals surface area contributed by atoms with Crippen LogP contribution in [0.4, 0.5) is 9.59 Å². The van der Waals surface area contributed by atoms with Crippen LogP contribution in [0.1, 0.15) is 31.9 Å². The fraction of sp³-hybridized carbons (Fsp3) is 0.357. The Bertz CT molecular complexity index is 941. The van der Waals surface area contributed by atoms with E-state index < -0.39 is 29.9 Å². The Morgan fingerprint density at radius 3 is 2.06 bits per heavy atom. The number of rotatable bonds is 12. The molecule has 0 aromatic heterocycles. The monoisotopic (exact) mass is 480 g/mol. The molecule has 0 heterocycles. The van der Waals surface area contributed by atoms with Gasteiger partial charge in [-0.15, -0.1) is 13.2 Å². The fourth-order valence-electron chi connectivity index (χ4n) is 3.23. The number of carbonyl (C=O) groups is 2. The van der Waals surface area contributed by atoms with Gasteiger partial charge in [0.25, 0.3) is 0 Å². The lowest BCUT2D eigenvalue weighted by Gasteiger charge is -2.31. The molecule has 0 saturated heterocycles. The highest BCUT2D eigenvalue weighted by Gasteiger charge is 2.29. The Kier molecular flexibility index (Phi) is 11.0. The molecule has 0 unspecified atom stereocenters. The molecule has 0 aliphatic carbocycles. The summed E-state index contributed by atoms with van der Waals surface area (Å²) >= 11 is 0. The zero-order valence-corrected chi connectivity index (χ0v) is 20.8. The van der Waals surface area contributed by atoms with E-state index in [-0.39, 0.29) is 19.7 Å². The van der Waals surface area contributed by atoms with Gasteiger partial charge < -0.3 is 24.4 Å². The summed E-state index contributed by atoms with van der Waals surface area (Å²) in [6.07, 6.45) is 1.45. The van der Waals surface area contributed by atoms with Crippen LogP contribution in [0.25, 0.3) is 0 Å².